The number of aldehydes is 1. The number of hydrogen-bond acceptors (Lipinski definition) is 8. The standard InChI is InChI=1S/C13H22N4O3.C10H15NO.C2H4S.2C2H6/c14-5-8-1-2-9-3-4-10(7-18)17(9)13(20)12(8)16-11(19)6-15;1-11-8-7-9-3-5-10(12-2)6-4-9;1-2-3;2*1-2/h7-10,12H,1-6,14-15H2,(H,16,19);3-6,11H,7-8H2,1-2H3;2H,1H3;2*1-2H3. The Morgan fingerprint density at radius 1 is 1.10 bits per heavy atom. The van der Waals surface area contributed by atoms with E-state index in [1.54, 1.807) is 17.4 Å². The molecule has 2 saturated heterocycles. The second-order valence-corrected chi connectivity index (χ2v) is 8.91. The van der Waals surface area contributed by atoms with E-state index in [0.717, 1.165) is 44.3 Å². The van der Waals surface area contributed by atoms with E-state index in [2.05, 4.69) is 35.0 Å². The molecule has 4 unspecified atom stereocenters. The minimum atomic E-state index is -0.665. The third kappa shape index (κ3) is 14.0. The maximum Gasteiger partial charge on any atom is 0.246 e. The van der Waals surface area contributed by atoms with Crippen LogP contribution in [0.2, 0.25) is 0 Å². The van der Waals surface area contributed by atoms with Crippen LogP contribution in [0.4, 0.5) is 0 Å². The quantitative estimate of drug-likeness (QED) is 0.278. The molecule has 3 rings (SSSR count). The molecule has 2 aliphatic heterocycles. The molecule has 1 aromatic carbocycles. The average Bonchev–Trinajstić information content (AvgIpc) is 3.35. The number of likely N-dealkylation sites (N-methyl/N-ethyl adjacent to an activating group) is 1. The zero-order valence-corrected chi connectivity index (χ0v) is 25.9. The number of nitrogens with two attached hydrogens (primary N) is 2. The first-order valence-corrected chi connectivity index (χ1v) is 14.5. The van der Waals surface area contributed by atoms with Crippen molar-refractivity contribution in [1.82, 2.24) is 15.5 Å². The molecular weight excluding hydrogens is 514 g/mol. The molecule has 0 saturated carbocycles. The van der Waals surface area contributed by atoms with Gasteiger partial charge < -0.3 is 36.5 Å². The van der Waals surface area contributed by atoms with E-state index < -0.39 is 6.04 Å². The van der Waals surface area contributed by atoms with Crippen LogP contribution in [0, 0.1) is 5.92 Å². The first kappa shape index (κ1) is 38.7. The molecular formula is C29H53N5O4S. The molecule has 2 heterocycles. The molecule has 2 amide bonds. The van der Waals surface area contributed by atoms with E-state index >= 15 is 0 Å². The zero-order valence-electron chi connectivity index (χ0n) is 25.1. The van der Waals surface area contributed by atoms with E-state index in [1.165, 1.54) is 5.56 Å². The predicted molar refractivity (Wildman–Crippen MR) is 165 cm³/mol. The van der Waals surface area contributed by atoms with Gasteiger partial charge in [0.05, 0.1) is 19.7 Å². The molecule has 1 aromatic rings. The number of thiocarbonyl (C=S) groups is 1. The van der Waals surface area contributed by atoms with Crippen LogP contribution in [0.3, 0.4) is 0 Å². The molecule has 2 aliphatic rings. The van der Waals surface area contributed by atoms with Gasteiger partial charge in [0.15, 0.2) is 0 Å². The van der Waals surface area contributed by atoms with Gasteiger partial charge in [-0.3, -0.25) is 9.59 Å². The van der Waals surface area contributed by atoms with Gasteiger partial charge in [0, 0.05) is 12.0 Å². The van der Waals surface area contributed by atoms with Gasteiger partial charge in [-0.25, -0.2) is 0 Å². The number of hydrogen-bond donors (Lipinski definition) is 4. The van der Waals surface area contributed by atoms with Gasteiger partial charge in [0.1, 0.15) is 18.1 Å². The van der Waals surface area contributed by atoms with Gasteiger partial charge in [0.25, 0.3) is 0 Å². The molecule has 39 heavy (non-hydrogen) atoms. The van der Waals surface area contributed by atoms with Crippen LogP contribution in [0.25, 0.3) is 0 Å². The summed E-state index contributed by atoms with van der Waals surface area (Å²) in [5, 5.41) is 7.36. The normalized spacial score (nSPS) is 20.8. The first-order chi connectivity index (χ1) is 18.9. The minimum Gasteiger partial charge on any atom is -0.497 e. The molecule has 6 N–H and O–H groups in total. The summed E-state index contributed by atoms with van der Waals surface area (Å²) in [6.45, 7) is 11.0. The van der Waals surface area contributed by atoms with Crippen molar-refractivity contribution in [3.63, 3.8) is 0 Å². The number of carbonyl (C=O) groups is 3. The highest BCUT2D eigenvalue weighted by atomic mass is 32.1. The minimum absolute atomic E-state index is 0.0894. The highest BCUT2D eigenvalue weighted by Gasteiger charge is 2.44. The average molecular weight is 568 g/mol. The predicted octanol–water partition coefficient (Wildman–Crippen LogP) is 2.87. The van der Waals surface area contributed by atoms with E-state index in [1.807, 2.05) is 53.8 Å². The first-order valence-electron chi connectivity index (χ1n) is 14.0. The lowest BCUT2D eigenvalue weighted by Gasteiger charge is -2.30. The molecule has 0 spiro atoms. The Morgan fingerprint density at radius 2 is 1.67 bits per heavy atom. The highest BCUT2D eigenvalue weighted by Crippen LogP contribution is 2.32. The van der Waals surface area contributed by atoms with Gasteiger partial charge >= 0.3 is 0 Å². The maximum atomic E-state index is 12.7. The fourth-order valence-electron chi connectivity index (χ4n) is 4.34. The van der Waals surface area contributed by atoms with E-state index in [9.17, 15) is 14.4 Å². The van der Waals surface area contributed by atoms with Gasteiger partial charge in [-0.2, -0.15) is 0 Å². The van der Waals surface area contributed by atoms with Crippen LogP contribution in [0.5, 0.6) is 5.75 Å². The van der Waals surface area contributed by atoms with Crippen LogP contribution in [0.1, 0.15) is 65.9 Å². The fourth-order valence-corrected chi connectivity index (χ4v) is 4.34. The number of ether oxygens (including phenoxy) is 1. The summed E-state index contributed by atoms with van der Waals surface area (Å²) in [5.41, 5.74) is 12.4. The molecule has 10 heteroatoms. The molecule has 224 valence electrons. The Labute approximate surface area is 241 Å². The van der Waals surface area contributed by atoms with E-state index in [0.29, 0.717) is 13.0 Å². The number of fused-ring (bicyclic) bond motifs is 1. The summed E-state index contributed by atoms with van der Waals surface area (Å²) in [6, 6.07) is 7.22. The smallest absolute Gasteiger partial charge is 0.246 e. The van der Waals surface area contributed by atoms with Gasteiger partial charge in [-0.15, -0.1) is 0 Å². The molecule has 0 aromatic heterocycles. The Hall–Kier alpha value is -2.40. The van der Waals surface area contributed by atoms with Gasteiger partial charge in [0.2, 0.25) is 11.8 Å². The lowest BCUT2D eigenvalue weighted by Crippen LogP contribution is -2.55. The van der Waals surface area contributed by atoms with Crippen LogP contribution in [-0.2, 0) is 20.8 Å². The Kier molecular flexibility index (Phi) is 24.5. The van der Waals surface area contributed by atoms with Crippen LogP contribution >= 0.6 is 12.2 Å². The molecule has 0 radical (unpaired) electrons. The second-order valence-electron chi connectivity index (χ2n) is 8.44. The lowest BCUT2D eigenvalue weighted by atomic mass is 9.93. The van der Waals surface area contributed by atoms with Gasteiger partial charge in [-0.05, 0) is 82.2 Å². The maximum absolute atomic E-state index is 12.7. The Morgan fingerprint density at radius 3 is 2.13 bits per heavy atom. The molecule has 0 aliphatic carbocycles. The van der Waals surface area contributed by atoms with Crippen molar-refractivity contribution in [3.05, 3.63) is 29.8 Å². The Bertz CT molecular complexity index is 794. The molecule has 4 atom stereocenters. The number of rotatable bonds is 8. The highest BCUT2D eigenvalue weighted by molar-refractivity contribution is 7.78. The summed E-state index contributed by atoms with van der Waals surface area (Å²) in [5.74, 6) is 0.251. The van der Waals surface area contributed by atoms with Crippen molar-refractivity contribution in [2.24, 2.45) is 17.4 Å². The SMILES string of the molecule is CC.CC.CC=S.CNCCc1ccc(OC)cc1.NCC(=O)NC1C(=O)N2C(C=O)CCC2CCC1CN. The van der Waals surface area contributed by atoms with Crippen LogP contribution in [-0.4, -0.2) is 80.3 Å². The van der Waals surface area contributed by atoms with E-state index in [4.69, 9.17) is 16.2 Å². The largest absolute Gasteiger partial charge is 0.497 e. The molecule has 2 fully saturated rings. The summed E-state index contributed by atoms with van der Waals surface area (Å²) < 4.78 is 5.06. The van der Waals surface area contributed by atoms with Crippen LogP contribution in [0.15, 0.2) is 24.3 Å². The third-order valence-electron chi connectivity index (χ3n) is 6.19. The van der Waals surface area contributed by atoms with Crippen molar-refractivity contribution < 1.29 is 19.1 Å². The molecule has 0 bridgehead atoms. The van der Waals surface area contributed by atoms with Gasteiger partial charge in [-0.1, -0.05) is 52.0 Å². The number of methoxy groups -OCH3 is 1. The van der Waals surface area contributed by atoms with Crippen molar-refractivity contribution in [3.8, 4) is 5.75 Å². The number of nitrogens with zero attached hydrogens (tertiary/aromatic N) is 1. The monoisotopic (exact) mass is 567 g/mol. The van der Waals surface area contributed by atoms with Crippen molar-refractivity contribution in [1.29, 1.82) is 0 Å². The summed E-state index contributed by atoms with van der Waals surface area (Å²) in [6.07, 6.45) is 5.02. The Balaban J connectivity index is 0. The van der Waals surface area contributed by atoms with Crippen molar-refractivity contribution in [2.75, 3.05) is 33.8 Å². The summed E-state index contributed by atoms with van der Waals surface area (Å²) >= 11 is 4.27. The lowest BCUT2D eigenvalue weighted by molar-refractivity contribution is -0.140. The summed E-state index contributed by atoms with van der Waals surface area (Å²) in [4.78, 5) is 37.0. The zero-order chi connectivity index (χ0) is 30.2. The van der Waals surface area contributed by atoms with Crippen molar-refractivity contribution >= 4 is 35.7 Å². The summed E-state index contributed by atoms with van der Waals surface area (Å²) in [7, 11) is 3.64. The fraction of sp³-hybridized carbons (Fsp3) is 0.655. The second kappa shape index (κ2) is 24.6. The van der Waals surface area contributed by atoms with E-state index in [-0.39, 0.29) is 36.4 Å². The third-order valence-corrected chi connectivity index (χ3v) is 6.19. The van der Waals surface area contributed by atoms with Crippen LogP contribution < -0.4 is 26.8 Å². The number of benzene rings is 1. The molecule has 9 nitrogen and oxygen atoms in total. The number of nitrogens with one attached hydrogen (secondary N) is 2. The number of amides is 2. The van der Waals surface area contributed by atoms with Crippen molar-refractivity contribution in [2.45, 2.75) is 84.8 Å². The topological polar surface area (TPSA) is 140 Å². The number of carbonyl (C=O) groups excluding carboxylic acids is 3.